The maximum Gasteiger partial charge on any atom is 0.355 e. The quantitative estimate of drug-likeness (QED) is 0.910. The van der Waals surface area contributed by atoms with Crippen LogP contribution in [0.3, 0.4) is 0 Å². The summed E-state index contributed by atoms with van der Waals surface area (Å²) in [6.45, 7) is 5.83. The summed E-state index contributed by atoms with van der Waals surface area (Å²) in [4.78, 5) is 15.7. The van der Waals surface area contributed by atoms with Gasteiger partial charge in [-0.25, -0.2) is 9.78 Å². The summed E-state index contributed by atoms with van der Waals surface area (Å²) < 4.78 is 1.83. The molecule has 0 amide bonds. The van der Waals surface area contributed by atoms with Crippen LogP contribution in [-0.2, 0) is 0 Å². The molecular formula is C11H13N3O2S. The topological polar surface area (TPSA) is 68.0 Å². The SMILES string of the molecule is Cc1sc(-c2cnn(C(C)C)c2)nc1C(=O)O. The van der Waals surface area contributed by atoms with Gasteiger partial charge in [-0.1, -0.05) is 0 Å². The number of carbonyl (C=O) groups is 1. The van der Waals surface area contributed by atoms with E-state index in [9.17, 15) is 4.79 Å². The molecule has 0 bridgehead atoms. The van der Waals surface area contributed by atoms with E-state index in [2.05, 4.69) is 10.1 Å². The van der Waals surface area contributed by atoms with Crippen molar-refractivity contribution in [3.8, 4) is 10.6 Å². The van der Waals surface area contributed by atoms with Crippen molar-refractivity contribution in [3.63, 3.8) is 0 Å². The van der Waals surface area contributed by atoms with Gasteiger partial charge in [0, 0.05) is 22.7 Å². The van der Waals surface area contributed by atoms with Crippen LogP contribution < -0.4 is 0 Å². The molecule has 0 atom stereocenters. The first kappa shape index (κ1) is 11.8. The van der Waals surface area contributed by atoms with Gasteiger partial charge in [-0.2, -0.15) is 5.10 Å². The van der Waals surface area contributed by atoms with Gasteiger partial charge in [0.2, 0.25) is 0 Å². The minimum atomic E-state index is -0.985. The average molecular weight is 251 g/mol. The lowest BCUT2D eigenvalue weighted by atomic mass is 10.3. The van der Waals surface area contributed by atoms with E-state index < -0.39 is 5.97 Å². The maximum absolute atomic E-state index is 10.9. The van der Waals surface area contributed by atoms with Crippen molar-refractivity contribution in [2.75, 3.05) is 0 Å². The molecule has 0 spiro atoms. The Kier molecular flexibility index (Phi) is 2.97. The molecule has 0 radical (unpaired) electrons. The van der Waals surface area contributed by atoms with Gasteiger partial charge in [-0.15, -0.1) is 11.3 Å². The van der Waals surface area contributed by atoms with Crippen molar-refractivity contribution < 1.29 is 9.90 Å². The van der Waals surface area contributed by atoms with Crippen LogP contribution in [-0.4, -0.2) is 25.8 Å². The molecule has 0 saturated heterocycles. The number of hydrogen-bond donors (Lipinski definition) is 1. The van der Waals surface area contributed by atoms with Crippen LogP contribution >= 0.6 is 11.3 Å². The van der Waals surface area contributed by atoms with Crippen LogP contribution in [0.15, 0.2) is 12.4 Å². The van der Waals surface area contributed by atoms with Crippen molar-refractivity contribution in [3.05, 3.63) is 23.0 Å². The van der Waals surface area contributed by atoms with Gasteiger partial charge in [0.25, 0.3) is 0 Å². The van der Waals surface area contributed by atoms with Gasteiger partial charge < -0.3 is 5.11 Å². The molecule has 0 unspecified atom stereocenters. The fraction of sp³-hybridized carbons (Fsp3) is 0.364. The fourth-order valence-electron chi connectivity index (χ4n) is 1.45. The van der Waals surface area contributed by atoms with Gasteiger partial charge in [-0.3, -0.25) is 4.68 Å². The zero-order chi connectivity index (χ0) is 12.6. The second kappa shape index (κ2) is 4.29. The van der Waals surface area contributed by atoms with E-state index in [0.717, 1.165) is 5.56 Å². The Labute approximate surface area is 103 Å². The highest BCUT2D eigenvalue weighted by atomic mass is 32.1. The molecule has 1 N–H and O–H groups in total. The van der Waals surface area contributed by atoms with Crippen LogP contribution in [0.1, 0.15) is 35.3 Å². The molecule has 90 valence electrons. The molecule has 2 aromatic heterocycles. The molecule has 0 aromatic carbocycles. The predicted octanol–water partition coefficient (Wildman–Crippen LogP) is 2.59. The zero-order valence-electron chi connectivity index (χ0n) is 9.84. The summed E-state index contributed by atoms with van der Waals surface area (Å²) in [6.07, 6.45) is 3.60. The minimum Gasteiger partial charge on any atom is -0.476 e. The van der Waals surface area contributed by atoms with E-state index >= 15 is 0 Å². The van der Waals surface area contributed by atoms with Crippen molar-refractivity contribution in [2.24, 2.45) is 0 Å². The second-order valence-corrected chi connectivity index (χ2v) is 5.23. The van der Waals surface area contributed by atoms with E-state index in [1.807, 2.05) is 24.7 Å². The Balaban J connectivity index is 2.39. The molecule has 2 aromatic rings. The smallest absolute Gasteiger partial charge is 0.355 e. The standard InChI is InChI=1S/C11H13N3O2S/c1-6(2)14-5-8(4-12-14)10-13-9(11(15)16)7(3)17-10/h4-6H,1-3H3,(H,15,16). The number of carboxylic acid groups (broad SMARTS) is 1. The molecule has 0 aliphatic heterocycles. The summed E-state index contributed by atoms with van der Waals surface area (Å²) in [5, 5.41) is 13.9. The fourth-order valence-corrected chi connectivity index (χ4v) is 2.33. The number of aryl methyl sites for hydroxylation is 1. The van der Waals surface area contributed by atoms with E-state index in [1.54, 1.807) is 13.1 Å². The second-order valence-electron chi connectivity index (χ2n) is 4.03. The molecule has 0 saturated carbocycles. The normalized spacial score (nSPS) is 11.1. The minimum absolute atomic E-state index is 0.127. The lowest BCUT2D eigenvalue weighted by Gasteiger charge is -2.02. The highest BCUT2D eigenvalue weighted by Gasteiger charge is 2.16. The molecule has 2 rings (SSSR count). The number of hydrogen-bond acceptors (Lipinski definition) is 4. The predicted molar refractivity (Wildman–Crippen MR) is 65.4 cm³/mol. The Morgan fingerprint density at radius 1 is 1.53 bits per heavy atom. The van der Waals surface area contributed by atoms with Crippen LogP contribution in [0.2, 0.25) is 0 Å². The van der Waals surface area contributed by atoms with E-state index in [1.165, 1.54) is 11.3 Å². The van der Waals surface area contributed by atoms with Gasteiger partial charge in [0.15, 0.2) is 5.69 Å². The molecule has 0 aliphatic rings. The lowest BCUT2D eigenvalue weighted by molar-refractivity contribution is 0.0690. The van der Waals surface area contributed by atoms with Crippen molar-refractivity contribution in [2.45, 2.75) is 26.8 Å². The summed E-state index contributed by atoms with van der Waals surface area (Å²) in [6, 6.07) is 0.281. The number of carboxylic acids is 1. The zero-order valence-corrected chi connectivity index (χ0v) is 10.7. The summed E-state index contributed by atoms with van der Waals surface area (Å²) in [7, 11) is 0. The highest BCUT2D eigenvalue weighted by Crippen LogP contribution is 2.27. The van der Waals surface area contributed by atoms with Crippen molar-refractivity contribution in [1.29, 1.82) is 0 Å². The van der Waals surface area contributed by atoms with Crippen LogP contribution in [0.25, 0.3) is 10.6 Å². The average Bonchev–Trinajstić information content (AvgIpc) is 2.82. The van der Waals surface area contributed by atoms with Crippen molar-refractivity contribution >= 4 is 17.3 Å². The third kappa shape index (κ3) is 2.21. The summed E-state index contributed by atoms with van der Waals surface area (Å²) >= 11 is 1.38. The van der Waals surface area contributed by atoms with Gasteiger partial charge in [0.05, 0.1) is 6.20 Å². The number of aromatic carboxylic acids is 1. The number of thiazole rings is 1. The van der Waals surface area contributed by atoms with Gasteiger partial charge >= 0.3 is 5.97 Å². The van der Waals surface area contributed by atoms with E-state index in [-0.39, 0.29) is 11.7 Å². The van der Waals surface area contributed by atoms with E-state index in [0.29, 0.717) is 9.88 Å². The number of nitrogens with zero attached hydrogens (tertiary/aromatic N) is 3. The monoisotopic (exact) mass is 251 g/mol. The Bertz CT molecular complexity index is 557. The molecular weight excluding hydrogens is 238 g/mol. The molecule has 0 aliphatic carbocycles. The molecule has 0 fully saturated rings. The molecule has 5 nitrogen and oxygen atoms in total. The van der Waals surface area contributed by atoms with Gasteiger partial charge in [-0.05, 0) is 20.8 Å². The highest BCUT2D eigenvalue weighted by molar-refractivity contribution is 7.15. The van der Waals surface area contributed by atoms with Crippen LogP contribution in [0, 0.1) is 6.92 Å². The van der Waals surface area contributed by atoms with Crippen molar-refractivity contribution in [1.82, 2.24) is 14.8 Å². The molecule has 17 heavy (non-hydrogen) atoms. The Morgan fingerprint density at radius 2 is 2.24 bits per heavy atom. The first-order valence-electron chi connectivity index (χ1n) is 5.24. The van der Waals surface area contributed by atoms with E-state index in [4.69, 9.17) is 5.11 Å². The first-order chi connectivity index (χ1) is 7.99. The molecule has 2 heterocycles. The third-order valence-corrected chi connectivity index (χ3v) is 3.40. The number of rotatable bonds is 3. The first-order valence-corrected chi connectivity index (χ1v) is 6.06. The Morgan fingerprint density at radius 3 is 2.71 bits per heavy atom. The summed E-state index contributed by atoms with van der Waals surface area (Å²) in [5.41, 5.74) is 0.988. The molecule has 6 heteroatoms. The third-order valence-electron chi connectivity index (χ3n) is 2.38. The largest absolute Gasteiger partial charge is 0.476 e. The maximum atomic E-state index is 10.9. The lowest BCUT2D eigenvalue weighted by Crippen LogP contribution is -1.99. The summed E-state index contributed by atoms with van der Waals surface area (Å²) in [5.74, 6) is -0.985. The van der Waals surface area contributed by atoms with Crippen LogP contribution in [0.5, 0.6) is 0 Å². The Hall–Kier alpha value is -1.69. The van der Waals surface area contributed by atoms with Gasteiger partial charge in [0.1, 0.15) is 5.01 Å². The van der Waals surface area contributed by atoms with Crippen LogP contribution in [0.4, 0.5) is 0 Å². The number of aromatic nitrogens is 3.